The smallest absolute Gasteiger partial charge is 0.0669 e. The third-order valence-electron chi connectivity index (χ3n) is 5.26. The van der Waals surface area contributed by atoms with Gasteiger partial charge in [0.05, 0.1) is 12.5 Å². The second kappa shape index (κ2) is 8.53. The van der Waals surface area contributed by atoms with Crippen molar-refractivity contribution >= 4 is 17.1 Å². The number of benzene rings is 3. The normalized spacial score (nSPS) is 11.3. The van der Waals surface area contributed by atoms with Gasteiger partial charge in [-0.15, -0.1) is 0 Å². The van der Waals surface area contributed by atoms with Crippen LogP contribution in [-0.2, 0) is 11.8 Å². The Labute approximate surface area is 175 Å². The second-order valence-corrected chi connectivity index (χ2v) is 8.88. The molecule has 0 unspecified atom stereocenters. The molecule has 0 saturated heterocycles. The van der Waals surface area contributed by atoms with Crippen LogP contribution in [0.15, 0.2) is 72.8 Å². The van der Waals surface area contributed by atoms with E-state index in [2.05, 4.69) is 106 Å². The molecular formula is C27H30N2. The van der Waals surface area contributed by atoms with Crippen LogP contribution in [0.5, 0.6) is 0 Å². The van der Waals surface area contributed by atoms with Crippen LogP contribution in [0, 0.1) is 11.3 Å². The van der Waals surface area contributed by atoms with Crippen molar-refractivity contribution in [1.82, 2.24) is 0 Å². The fourth-order valence-electron chi connectivity index (χ4n) is 3.46. The lowest BCUT2D eigenvalue weighted by atomic mass is 9.87. The summed E-state index contributed by atoms with van der Waals surface area (Å²) in [7, 11) is 0. The van der Waals surface area contributed by atoms with Gasteiger partial charge in [-0.2, -0.15) is 5.26 Å². The predicted octanol–water partition coefficient (Wildman–Crippen LogP) is 7.64. The van der Waals surface area contributed by atoms with Crippen LogP contribution in [0.4, 0.5) is 17.1 Å². The van der Waals surface area contributed by atoms with E-state index in [0.717, 1.165) is 22.6 Å². The zero-order chi connectivity index (χ0) is 21.0. The third-order valence-corrected chi connectivity index (χ3v) is 5.26. The first-order valence-corrected chi connectivity index (χ1v) is 10.3. The number of anilines is 3. The van der Waals surface area contributed by atoms with Crippen molar-refractivity contribution in [3.63, 3.8) is 0 Å². The molecule has 0 saturated carbocycles. The number of hydrogen-bond acceptors (Lipinski definition) is 2. The minimum atomic E-state index is 0.120. The summed E-state index contributed by atoms with van der Waals surface area (Å²) < 4.78 is 0. The fourth-order valence-corrected chi connectivity index (χ4v) is 3.46. The SMILES string of the molecule is CC(C)c1ccc(N(c2ccc(C(C)(C)C)cc2)c2cccc(CC#N)c2)cc1. The monoisotopic (exact) mass is 382 g/mol. The summed E-state index contributed by atoms with van der Waals surface area (Å²) in [6, 6.07) is 28.1. The summed E-state index contributed by atoms with van der Waals surface area (Å²) in [5, 5.41) is 9.11. The Morgan fingerprint density at radius 2 is 1.41 bits per heavy atom. The fraction of sp³-hybridized carbons (Fsp3) is 0.296. The van der Waals surface area contributed by atoms with Crippen LogP contribution in [0.2, 0.25) is 0 Å². The summed E-state index contributed by atoms with van der Waals surface area (Å²) in [6.07, 6.45) is 0.414. The van der Waals surface area contributed by atoms with Crippen molar-refractivity contribution in [2.45, 2.75) is 52.4 Å². The molecule has 0 radical (unpaired) electrons. The average Bonchev–Trinajstić information content (AvgIpc) is 2.69. The number of nitriles is 1. The largest absolute Gasteiger partial charge is 0.310 e. The van der Waals surface area contributed by atoms with E-state index in [1.165, 1.54) is 11.1 Å². The molecule has 0 aliphatic carbocycles. The van der Waals surface area contributed by atoms with Gasteiger partial charge in [0.15, 0.2) is 0 Å². The Balaban J connectivity index is 2.09. The minimum absolute atomic E-state index is 0.120. The molecule has 0 bridgehead atoms. The highest BCUT2D eigenvalue weighted by Crippen LogP contribution is 2.36. The van der Waals surface area contributed by atoms with Gasteiger partial charge in [-0.3, -0.25) is 0 Å². The summed E-state index contributed by atoms with van der Waals surface area (Å²) >= 11 is 0. The van der Waals surface area contributed by atoms with E-state index < -0.39 is 0 Å². The van der Waals surface area contributed by atoms with Crippen LogP contribution < -0.4 is 4.90 Å². The zero-order valence-electron chi connectivity index (χ0n) is 18.1. The van der Waals surface area contributed by atoms with Crippen molar-refractivity contribution in [3.05, 3.63) is 89.5 Å². The van der Waals surface area contributed by atoms with Gasteiger partial charge in [-0.05, 0) is 64.4 Å². The molecule has 2 heteroatoms. The maximum Gasteiger partial charge on any atom is 0.0669 e. The van der Waals surface area contributed by atoms with E-state index in [-0.39, 0.29) is 5.41 Å². The highest BCUT2D eigenvalue weighted by molar-refractivity contribution is 5.77. The quantitative estimate of drug-likeness (QED) is 0.453. The Kier molecular flexibility index (Phi) is 6.09. The Hall–Kier alpha value is -3.05. The van der Waals surface area contributed by atoms with Gasteiger partial charge >= 0.3 is 0 Å². The van der Waals surface area contributed by atoms with Gasteiger partial charge in [-0.25, -0.2) is 0 Å². The Morgan fingerprint density at radius 3 is 1.93 bits per heavy atom. The molecule has 2 nitrogen and oxygen atoms in total. The van der Waals surface area contributed by atoms with E-state index in [0.29, 0.717) is 12.3 Å². The van der Waals surface area contributed by atoms with Gasteiger partial charge in [-0.1, -0.05) is 71.0 Å². The van der Waals surface area contributed by atoms with E-state index in [4.69, 9.17) is 5.26 Å². The zero-order valence-corrected chi connectivity index (χ0v) is 18.1. The molecule has 0 aliphatic rings. The van der Waals surface area contributed by atoms with Crippen LogP contribution in [0.1, 0.15) is 57.2 Å². The maximum atomic E-state index is 9.11. The number of nitrogens with zero attached hydrogens (tertiary/aromatic N) is 2. The molecule has 3 aromatic carbocycles. The molecule has 0 aliphatic heterocycles. The first-order chi connectivity index (χ1) is 13.8. The lowest BCUT2D eigenvalue weighted by Gasteiger charge is -2.27. The molecule has 3 rings (SSSR count). The average molecular weight is 383 g/mol. The standard InChI is InChI=1S/C27H30N2/c1-20(2)22-9-13-24(14-10-22)29(26-8-6-7-21(19-26)17-18-28)25-15-11-23(12-16-25)27(3,4)5/h6-16,19-20H,17H2,1-5H3. The molecule has 3 aromatic rings. The summed E-state index contributed by atoms with van der Waals surface area (Å²) in [5.41, 5.74) is 7.09. The van der Waals surface area contributed by atoms with Crippen molar-refractivity contribution in [2.24, 2.45) is 0 Å². The molecule has 0 amide bonds. The van der Waals surface area contributed by atoms with Gasteiger partial charge in [0.1, 0.15) is 0 Å². The van der Waals surface area contributed by atoms with Crippen molar-refractivity contribution in [1.29, 1.82) is 5.26 Å². The number of rotatable bonds is 5. The molecule has 0 fully saturated rings. The predicted molar refractivity (Wildman–Crippen MR) is 123 cm³/mol. The lowest BCUT2D eigenvalue weighted by Crippen LogP contribution is -2.13. The first-order valence-electron chi connectivity index (χ1n) is 10.3. The van der Waals surface area contributed by atoms with Crippen LogP contribution >= 0.6 is 0 Å². The highest BCUT2D eigenvalue weighted by atomic mass is 15.1. The van der Waals surface area contributed by atoms with E-state index in [1.54, 1.807) is 0 Å². The van der Waals surface area contributed by atoms with Gasteiger partial charge in [0, 0.05) is 17.1 Å². The van der Waals surface area contributed by atoms with Crippen molar-refractivity contribution in [3.8, 4) is 6.07 Å². The second-order valence-electron chi connectivity index (χ2n) is 8.88. The molecule has 29 heavy (non-hydrogen) atoms. The molecular weight excluding hydrogens is 352 g/mol. The molecule has 0 spiro atoms. The summed E-state index contributed by atoms with van der Waals surface area (Å²) in [5.74, 6) is 0.502. The maximum absolute atomic E-state index is 9.11. The van der Waals surface area contributed by atoms with Crippen LogP contribution in [-0.4, -0.2) is 0 Å². The molecule has 0 aromatic heterocycles. The summed E-state index contributed by atoms with van der Waals surface area (Å²) in [6.45, 7) is 11.1. The topological polar surface area (TPSA) is 27.0 Å². The van der Waals surface area contributed by atoms with E-state index in [1.807, 2.05) is 12.1 Å². The van der Waals surface area contributed by atoms with Gasteiger partial charge in [0.25, 0.3) is 0 Å². The van der Waals surface area contributed by atoms with Gasteiger partial charge < -0.3 is 4.90 Å². The first kappa shape index (κ1) is 20.7. The van der Waals surface area contributed by atoms with Crippen LogP contribution in [0.3, 0.4) is 0 Å². The third kappa shape index (κ3) is 4.87. The number of hydrogen-bond donors (Lipinski definition) is 0. The van der Waals surface area contributed by atoms with Gasteiger partial charge in [0.2, 0.25) is 0 Å². The molecule has 148 valence electrons. The summed E-state index contributed by atoms with van der Waals surface area (Å²) in [4.78, 5) is 2.26. The molecule has 0 atom stereocenters. The van der Waals surface area contributed by atoms with Crippen LogP contribution in [0.25, 0.3) is 0 Å². The Bertz CT molecular complexity index is 984. The lowest BCUT2D eigenvalue weighted by molar-refractivity contribution is 0.590. The van der Waals surface area contributed by atoms with Crippen molar-refractivity contribution in [2.75, 3.05) is 4.90 Å². The minimum Gasteiger partial charge on any atom is -0.310 e. The van der Waals surface area contributed by atoms with E-state index in [9.17, 15) is 0 Å². The molecule has 0 N–H and O–H groups in total. The van der Waals surface area contributed by atoms with Crippen molar-refractivity contribution < 1.29 is 0 Å². The molecule has 0 heterocycles. The van der Waals surface area contributed by atoms with E-state index >= 15 is 0 Å². The highest BCUT2D eigenvalue weighted by Gasteiger charge is 2.17. The Morgan fingerprint density at radius 1 is 0.828 bits per heavy atom.